The number of nitrogens with one attached hydrogen (secondary N) is 1. The first-order chi connectivity index (χ1) is 12.7. The Labute approximate surface area is 153 Å². The van der Waals surface area contributed by atoms with Crippen LogP contribution in [-0.4, -0.2) is 6.73 Å². The molecule has 0 aliphatic carbocycles. The van der Waals surface area contributed by atoms with Crippen molar-refractivity contribution in [2.75, 3.05) is 6.73 Å². The zero-order valence-corrected chi connectivity index (χ0v) is 15.0. The monoisotopic (exact) mass is 346 g/mol. The highest BCUT2D eigenvalue weighted by molar-refractivity contribution is 5.86. The molecule has 0 aromatic heterocycles. The minimum Gasteiger partial charge on any atom is -0.488 e. The molecule has 2 atom stereocenters. The van der Waals surface area contributed by atoms with Crippen molar-refractivity contribution in [1.82, 2.24) is 5.32 Å². The predicted octanol–water partition coefficient (Wildman–Crippen LogP) is 5.90. The van der Waals surface area contributed by atoms with Crippen LogP contribution in [0.4, 0.5) is 0 Å². The highest BCUT2D eigenvalue weighted by Crippen LogP contribution is 2.27. The van der Waals surface area contributed by atoms with Gasteiger partial charge in [-0.3, -0.25) is 0 Å². The molecule has 0 fully saturated rings. The van der Waals surface area contributed by atoms with Crippen LogP contribution >= 0.6 is 0 Å². The van der Waals surface area contributed by atoms with Crippen molar-refractivity contribution in [2.24, 2.45) is 5.11 Å². The molecule has 2 unspecified atom stereocenters. The van der Waals surface area contributed by atoms with Crippen LogP contribution in [-0.2, 0) is 0 Å². The van der Waals surface area contributed by atoms with Crippen molar-refractivity contribution in [3.05, 3.63) is 88.3 Å². The third-order valence-corrected chi connectivity index (χ3v) is 4.50. The summed E-state index contributed by atoms with van der Waals surface area (Å²) in [4.78, 5) is 2.69. The molecule has 1 N–H and O–H groups in total. The van der Waals surface area contributed by atoms with Crippen molar-refractivity contribution >= 4 is 10.8 Å². The Morgan fingerprint density at radius 1 is 1.00 bits per heavy atom. The van der Waals surface area contributed by atoms with Gasteiger partial charge in [0.2, 0.25) is 0 Å². The maximum atomic E-state index is 8.34. The summed E-state index contributed by atoms with van der Waals surface area (Å²) in [6, 6.07) is 23.0. The molecule has 132 valence electrons. The number of fused-ring (bicyclic) bond motifs is 1. The van der Waals surface area contributed by atoms with Crippen molar-refractivity contribution in [3.8, 4) is 5.75 Å². The first-order valence-corrected chi connectivity index (χ1v) is 8.66. The van der Waals surface area contributed by atoms with Gasteiger partial charge >= 0.3 is 0 Å². The van der Waals surface area contributed by atoms with Crippen LogP contribution in [0, 0.1) is 0 Å². The summed E-state index contributed by atoms with van der Waals surface area (Å²) in [5, 5.41) is 9.58. The molecule has 26 heavy (non-hydrogen) atoms. The van der Waals surface area contributed by atoms with E-state index in [1.54, 1.807) is 0 Å². The van der Waals surface area contributed by atoms with Crippen molar-refractivity contribution in [3.63, 3.8) is 0 Å². The van der Waals surface area contributed by atoms with Gasteiger partial charge in [-0.05, 0) is 53.4 Å². The Bertz CT molecular complexity index is 929. The molecule has 0 amide bonds. The number of azide groups is 1. The van der Waals surface area contributed by atoms with Gasteiger partial charge in [0, 0.05) is 17.0 Å². The van der Waals surface area contributed by atoms with Crippen LogP contribution in [0.15, 0.2) is 71.8 Å². The van der Waals surface area contributed by atoms with E-state index in [1.807, 2.05) is 18.2 Å². The van der Waals surface area contributed by atoms with E-state index in [9.17, 15) is 0 Å². The van der Waals surface area contributed by atoms with Crippen molar-refractivity contribution in [1.29, 1.82) is 0 Å². The molecular formula is C21H22N4O. The first-order valence-electron chi connectivity index (χ1n) is 8.66. The second-order valence-corrected chi connectivity index (χ2v) is 6.26. The highest BCUT2D eigenvalue weighted by Gasteiger charge is 2.13. The minimum absolute atomic E-state index is 0.00578. The van der Waals surface area contributed by atoms with E-state index in [4.69, 9.17) is 10.3 Å². The maximum absolute atomic E-state index is 8.34. The molecule has 0 saturated carbocycles. The van der Waals surface area contributed by atoms with Crippen LogP contribution in [0.25, 0.3) is 21.2 Å². The molecule has 5 heteroatoms. The second kappa shape index (κ2) is 8.39. The SMILES string of the molecule is CC(NC(C)c1cccc2ccccc12)c1cccc(OCN=[N+]=[N-])c1. The van der Waals surface area contributed by atoms with E-state index in [0.29, 0.717) is 5.75 Å². The zero-order chi connectivity index (χ0) is 18.4. The van der Waals surface area contributed by atoms with E-state index in [2.05, 4.69) is 77.7 Å². The fraction of sp³-hybridized carbons (Fsp3) is 0.238. The largest absolute Gasteiger partial charge is 0.488 e. The third-order valence-electron chi connectivity index (χ3n) is 4.50. The lowest BCUT2D eigenvalue weighted by atomic mass is 9.98. The summed E-state index contributed by atoms with van der Waals surface area (Å²) in [5.41, 5.74) is 10.7. The standard InChI is InChI=1S/C21H22N4O/c1-15(18-9-5-10-19(13-18)26-14-23-25-22)24-16(2)20-12-6-8-17-7-3-4-11-21(17)20/h3-13,15-16,24H,14H2,1-2H3. The molecule has 5 nitrogen and oxygen atoms in total. The van der Waals surface area contributed by atoms with Gasteiger partial charge in [0.25, 0.3) is 0 Å². The van der Waals surface area contributed by atoms with E-state index >= 15 is 0 Å². The number of ether oxygens (including phenoxy) is 1. The first kappa shape index (κ1) is 17.8. The summed E-state index contributed by atoms with van der Waals surface area (Å²) in [5.74, 6) is 0.696. The molecule has 0 spiro atoms. The highest BCUT2D eigenvalue weighted by atomic mass is 16.5. The van der Waals surface area contributed by atoms with E-state index < -0.39 is 0 Å². The fourth-order valence-electron chi connectivity index (χ4n) is 3.19. The summed E-state index contributed by atoms with van der Waals surface area (Å²) in [7, 11) is 0. The molecule has 0 saturated heterocycles. The van der Waals surface area contributed by atoms with Crippen LogP contribution in [0.3, 0.4) is 0 Å². The lowest BCUT2D eigenvalue weighted by Crippen LogP contribution is -2.22. The molecule has 0 aliphatic heterocycles. The number of benzene rings is 3. The van der Waals surface area contributed by atoms with Gasteiger partial charge in [0.15, 0.2) is 6.73 Å². The topological polar surface area (TPSA) is 70.0 Å². The Kier molecular flexibility index (Phi) is 5.74. The van der Waals surface area contributed by atoms with Crippen molar-refractivity contribution in [2.45, 2.75) is 25.9 Å². The van der Waals surface area contributed by atoms with Gasteiger partial charge in [0.1, 0.15) is 5.75 Å². The average Bonchev–Trinajstić information content (AvgIpc) is 2.68. The molecule has 0 heterocycles. The van der Waals surface area contributed by atoms with Crippen LogP contribution in [0.1, 0.15) is 37.1 Å². The zero-order valence-electron chi connectivity index (χ0n) is 15.0. The maximum Gasteiger partial charge on any atom is 0.167 e. The number of nitrogens with zero attached hydrogens (tertiary/aromatic N) is 3. The van der Waals surface area contributed by atoms with Crippen LogP contribution in [0.2, 0.25) is 0 Å². The molecular weight excluding hydrogens is 324 g/mol. The fourth-order valence-corrected chi connectivity index (χ4v) is 3.19. The molecule has 0 bridgehead atoms. The summed E-state index contributed by atoms with van der Waals surface area (Å²) in [6.45, 7) is 4.31. The Morgan fingerprint density at radius 2 is 1.77 bits per heavy atom. The predicted molar refractivity (Wildman–Crippen MR) is 105 cm³/mol. The van der Waals surface area contributed by atoms with E-state index in [-0.39, 0.29) is 18.8 Å². The Morgan fingerprint density at radius 3 is 2.62 bits per heavy atom. The number of hydrogen-bond acceptors (Lipinski definition) is 3. The third kappa shape index (κ3) is 4.14. The summed E-state index contributed by atoms with van der Waals surface area (Å²) < 4.78 is 5.44. The second-order valence-electron chi connectivity index (χ2n) is 6.26. The Hall–Kier alpha value is -3.01. The molecule has 0 radical (unpaired) electrons. The lowest BCUT2D eigenvalue weighted by molar-refractivity contribution is 0.328. The number of rotatable bonds is 7. The molecule has 3 aromatic carbocycles. The lowest BCUT2D eigenvalue weighted by Gasteiger charge is -2.22. The van der Waals surface area contributed by atoms with E-state index in [1.165, 1.54) is 16.3 Å². The van der Waals surface area contributed by atoms with E-state index in [0.717, 1.165) is 5.56 Å². The Balaban J connectivity index is 1.75. The van der Waals surface area contributed by atoms with Crippen molar-refractivity contribution < 1.29 is 4.74 Å². The molecule has 3 aromatic rings. The average molecular weight is 346 g/mol. The normalized spacial score (nSPS) is 13.0. The molecule has 3 rings (SSSR count). The quantitative estimate of drug-likeness (QED) is 0.329. The van der Waals surface area contributed by atoms with Gasteiger partial charge in [-0.25, -0.2) is 0 Å². The van der Waals surface area contributed by atoms with Gasteiger partial charge < -0.3 is 10.1 Å². The van der Waals surface area contributed by atoms with Gasteiger partial charge in [-0.2, -0.15) is 0 Å². The summed E-state index contributed by atoms with van der Waals surface area (Å²) >= 11 is 0. The summed E-state index contributed by atoms with van der Waals surface area (Å²) in [6.07, 6.45) is 0. The molecule has 0 aliphatic rings. The van der Waals surface area contributed by atoms with Crippen LogP contribution in [0.5, 0.6) is 5.75 Å². The van der Waals surface area contributed by atoms with Gasteiger partial charge in [-0.15, -0.1) is 0 Å². The van der Waals surface area contributed by atoms with Crippen LogP contribution < -0.4 is 10.1 Å². The van der Waals surface area contributed by atoms with Gasteiger partial charge in [-0.1, -0.05) is 59.7 Å². The smallest absolute Gasteiger partial charge is 0.167 e. The minimum atomic E-state index is -0.00578. The number of hydrogen-bond donors (Lipinski definition) is 1. The van der Waals surface area contributed by atoms with Gasteiger partial charge in [0.05, 0.1) is 0 Å².